The third kappa shape index (κ3) is 2.85. The Bertz CT molecular complexity index is 692. The number of aromatic nitrogens is 2. The smallest absolute Gasteiger partial charge is 0.258 e. The lowest BCUT2D eigenvalue weighted by Gasteiger charge is -2.29. The van der Waals surface area contributed by atoms with Gasteiger partial charge in [-0.1, -0.05) is 0 Å². The summed E-state index contributed by atoms with van der Waals surface area (Å²) >= 11 is 0. The van der Waals surface area contributed by atoms with Crippen LogP contribution in [0.4, 0.5) is 11.4 Å². The molecule has 1 aromatic heterocycles. The second-order valence-electron chi connectivity index (χ2n) is 5.53. The molecule has 1 atom stereocenters. The zero-order valence-electron chi connectivity index (χ0n) is 12.1. The van der Waals surface area contributed by atoms with E-state index in [9.17, 15) is 4.79 Å². The Morgan fingerprint density at radius 1 is 1.48 bits per heavy atom. The largest absolute Gasteiger partial charge is 0.397 e. The van der Waals surface area contributed by atoms with E-state index in [-0.39, 0.29) is 11.7 Å². The van der Waals surface area contributed by atoms with Crippen LogP contribution in [0.2, 0.25) is 0 Å². The highest BCUT2D eigenvalue weighted by Gasteiger charge is 2.18. The van der Waals surface area contributed by atoms with Gasteiger partial charge in [0, 0.05) is 20.2 Å². The zero-order valence-corrected chi connectivity index (χ0v) is 12.1. The van der Waals surface area contributed by atoms with Crippen LogP contribution in [-0.4, -0.2) is 36.3 Å². The van der Waals surface area contributed by atoms with Crippen LogP contribution in [0.15, 0.2) is 23.3 Å². The van der Waals surface area contributed by atoms with E-state index < -0.39 is 0 Å². The normalized spacial score (nSPS) is 18.8. The number of rotatable bonds is 3. The van der Waals surface area contributed by atoms with Crippen LogP contribution in [0.5, 0.6) is 0 Å². The molecule has 1 fully saturated rings. The molecule has 6 heteroatoms. The maximum absolute atomic E-state index is 11.7. The number of ether oxygens (including phenoxy) is 1. The van der Waals surface area contributed by atoms with Gasteiger partial charge in [0.15, 0.2) is 0 Å². The number of aromatic amines is 1. The number of hydrogen-bond acceptors (Lipinski definition) is 5. The van der Waals surface area contributed by atoms with Gasteiger partial charge >= 0.3 is 0 Å². The maximum atomic E-state index is 11.7. The second kappa shape index (κ2) is 5.73. The number of hydrogen-bond donors (Lipinski definition) is 2. The monoisotopic (exact) mass is 288 g/mol. The molecule has 1 aliphatic heterocycles. The van der Waals surface area contributed by atoms with Gasteiger partial charge in [0.1, 0.15) is 0 Å². The van der Waals surface area contributed by atoms with Crippen molar-refractivity contribution in [2.45, 2.75) is 25.4 Å². The predicted molar refractivity (Wildman–Crippen MR) is 83.6 cm³/mol. The van der Waals surface area contributed by atoms with E-state index >= 15 is 0 Å². The summed E-state index contributed by atoms with van der Waals surface area (Å²) in [6.45, 7) is 1.63. The van der Waals surface area contributed by atoms with Gasteiger partial charge in [-0.3, -0.25) is 4.79 Å². The van der Waals surface area contributed by atoms with Crippen LogP contribution in [0.25, 0.3) is 10.9 Å². The summed E-state index contributed by atoms with van der Waals surface area (Å²) in [5.74, 6) is 0. The molecule has 21 heavy (non-hydrogen) atoms. The molecule has 6 nitrogen and oxygen atoms in total. The standard InChI is InChI=1S/C15H20N4O2/c1-19(8-10-4-2-3-5-21-10)14-7-13-11(6-12(14)16)15(20)18-9-17-13/h6-7,9-10H,2-5,8,16H2,1H3,(H,17,18,20). The average molecular weight is 288 g/mol. The number of H-pyrrole nitrogens is 1. The van der Waals surface area contributed by atoms with Gasteiger partial charge in [-0.2, -0.15) is 0 Å². The van der Waals surface area contributed by atoms with Crippen LogP contribution < -0.4 is 16.2 Å². The Morgan fingerprint density at radius 2 is 2.33 bits per heavy atom. The van der Waals surface area contributed by atoms with Crippen molar-refractivity contribution in [1.82, 2.24) is 9.97 Å². The van der Waals surface area contributed by atoms with Crippen LogP contribution in [0.1, 0.15) is 19.3 Å². The first-order valence-corrected chi connectivity index (χ1v) is 7.25. The van der Waals surface area contributed by atoms with Gasteiger partial charge in [0.2, 0.25) is 0 Å². The van der Waals surface area contributed by atoms with Crippen molar-refractivity contribution in [3.8, 4) is 0 Å². The molecule has 0 spiro atoms. The van der Waals surface area contributed by atoms with Crippen LogP contribution in [-0.2, 0) is 4.74 Å². The quantitative estimate of drug-likeness (QED) is 0.836. The summed E-state index contributed by atoms with van der Waals surface area (Å²) in [5, 5.41) is 0.515. The molecule has 0 saturated carbocycles. The van der Waals surface area contributed by atoms with Gasteiger partial charge < -0.3 is 20.4 Å². The lowest BCUT2D eigenvalue weighted by Crippen LogP contribution is -2.33. The number of likely N-dealkylation sites (N-methyl/N-ethyl adjacent to an activating group) is 1. The Balaban J connectivity index is 1.88. The number of nitrogen functional groups attached to an aromatic ring is 1. The fourth-order valence-electron chi connectivity index (χ4n) is 2.81. The fraction of sp³-hybridized carbons (Fsp3) is 0.467. The third-order valence-corrected chi connectivity index (χ3v) is 3.95. The molecule has 3 rings (SSSR count). The summed E-state index contributed by atoms with van der Waals surface area (Å²) in [5.41, 5.74) is 8.05. The van der Waals surface area contributed by atoms with Crippen molar-refractivity contribution in [2.24, 2.45) is 0 Å². The van der Waals surface area contributed by atoms with E-state index in [1.165, 1.54) is 12.7 Å². The Kier molecular flexibility index (Phi) is 3.79. The van der Waals surface area contributed by atoms with Gasteiger partial charge in [-0.15, -0.1) is 0 Å². The van der Waals surface area contributed by atoms with Crippen LogP contribution >= 0.6 is 0 Å². The lowest BCUT2D eigenvalue weighted by molar-refractivity contribution is 0.0216. The molecular weight excluding hydrogens is 268 g/mol. The molecule has 0 amide bonds. The molecule has 0 radical (unpaired) electrons. The molecule has 2 aromatic rings. The minimum atomic E-state index is -0.170. The summed E-state index contributed by atoms with van der Waals surface area (Å²) < 4.78 is 5.76. The maximum Gasteiger partial charge on any atom is 0.258 e. The Morgan fingerprint density at radius 3 is 3.10 bits per heavy atom. The average Bonchev–Trinajstić information content (AvgIpc) is 2.48. The Labute approximate surface area is 122 Å². The van der Waals surface area contributed by atoms with Gasteiger partial charge in [-0.05, 0) is 31.4 Å². The van der Waals surface area contributed by atoms with E-state index in [0.717, 1.165) is 31.7 Å². The number of anilines is 2. The number of nitrogens with two attached hydrogens (primary N) is 1. The van der Waals surface area contributed by atoms with E-state index in [2.05, 4.69) is 14.9 Å². The first-order valence-electron chi connectivity index (χ1n) is 7.25. The van der Waals surface area contributed by atoms with E-state index in [1.807, 2.05) is 13.1 Å². The number of nitrogens with zero attached hydrogens (tertiary/aromatic N) is 2. The van der Waals surface area contributed by atoms with E-state index in [4.69, 9.17) is 10.5 Å². The van der Waals surface area contributed by atoms with Gasteiger partial charge in [0.25, 0.3) is 5.56 Å². The minimum absolute atomic E-state index is 0.170. The SMILES string of the molecule is CN(CC1CCCCO1)c1cc2nc[nH]c(=O)c2cc1N. The summed E-state index contributed by atoms with van der Waals surface area (Å²) in [6.07, 6.45) is 5.09. The van der Waals surface area contributed by atoms with Crippen molar-refractivity contribution in [2.75, 3.05) is 30.8 Å². The summed E-state index contributed by atoms with van der Waals surface area (Å²) in [4.78, 5) is 20.6. The second-order valence-corrected chi connectivity index (χ2v) is 5.53. The third-order valence-electron chi connectivity index (χ3n) is 3.95. The summed E-state index contributed by atoms with van der Waals surface area (Å²) in [7, 11) is 1.99. The molecule has 1 aromatic carbocycles. The molecule has 1 aliphatic rings. The molecule has 0 bridgehead atoms. The van der Waals surface area contributed by atoms with Gasteiger partial charge in [0.05, 0.1) is 34.7 Å². The summed E-state index contributed by atoms with van der Waals surface area (Å²) in [6, 6.07) is 3.55. The van der Waals surface area contributed by atoms with Gasteiger partial charge in [-0.25, -0.2) is 4.98 Å². The van der Waals surface area contributed by atoms with Crippen molar-refractivity contribution in [3.63, 3.8) is 0 Å². The van der Waals surface area contributed by atoms with Crippen molar-refractivity contribution >= 4 is 22.3 Å². The first kappa shape index (κ1) is 13.9. The van der Waals surface area contributed by atoms with Crippen LogP contribution in [0.3, 0.4) is 0 Å². The molecular formula is C15H20N4O2. The number of benzene rings is 1. The topological polar surface area (TPSA) is 84.2 Å². The predicted octanol–water partition coefficient (Wildman–Crippen LogP) is 1.51. The highest BCUT2D eigenvalue weighted by molar-refractivity contribution is 5.88. The highest BCUT2D eigenvalue weighted by atomic mass is 16.5. The first-order chi connectivity index (χ1) is 10.1. The van der Waals surface area contributed by atoms with Crippen molar-refractivity contribution in [3.05, 3.63) is 28.8 Å². The fourth-order valence-corrected chi connectivity index (χ4v) is 2.81. The van der Waals surface area contributed by atoms with Crippen molar-refractivity contribution < 1.29 is 4.74 Å². The number of fused-ring (bicyclic) bond motifs is 1. The molecule has 112 valence electrons. The van der Waals surface area contributed by atoms with E-state index in [1.54, 1.807) is 6.07 Å². The number of nitrogens with one attached hydrogen (secondary N) is 1. The zero-order chi connectivity index (χ0) is 14.8. The highest BCUT2D eigenvalue weighted by Crippen LogP contribution is 2.27. The lowest BCUT2D eigenvalue weighted by atomic mass is 10.1. The molecule has 1 saturated heterocycles. The molecule has 3 N–H and O–H groups in total. The molecule has 2 heterocycles. The van der Waals surface area contributed by atoms with E-state index in [0.29, 0.717) is 16.6 Å². The van der Waals surface area contributed by atoms with Crippen LogP contribution in [0, 0.1) is 0 Å². The van der Waals surface area contributed by atoms with Crippen molar-refractivity contribution in [1.29, 1.82) is 0 Å². The molecule has 1 unspecified atom stereocenters. The minimum Gasteiger partial charge on any atom is -0.397 e. The Hall–Kier alpha value is -2.08. The molecule has 0 aliphatic carbocycles.